The summed E-state index contributed by atoms with van der Waals surface area (Å²) >= 11 is 6.07. The van der Waals surface area contributed by atoms with Crippen molar-refractivity contribution >= 4 is 17.5 Å². The Bertz CT molecular complexity index is 744. The van der Waals surface area contributed by atoms with Crippen molar-refractivity contribution in [2.24, 2.45) is 0 Å². The quantitative estimate of drug-likeness (QED) is 0.923. The number of aromatic nitrogens is 3. The van der Waals surface area contributed by atoms with E-state index >= 15 is 0 Å². The lowest BCUT2D eigenvalue weighted by molar-refractivity contribution is -0.124. The summed E-state index contributed by atoms with van der Waals surface area (Å²) in [6, 6.07) is 6.29. The number of aryl methyl sites for hydroxylation is 1. The standard InChI is InChI=1S/C16H18ClN5O/c17-12-2-3-14-11(7-12)1-4-15(14)22-9-13(19-20-22)8-21-6-5-18-16(23)10-21/h2-3,7,9,15H,1,4-6,8,10H2,(H,18,23)/t15-/m1/s1. The van der Waals surface area contributed by atoms with E-state index in [1.165, 1.54) is 11.1 Å². The van der Waals surface area contributed by atoms with Gasteiger partial charge in [-0.3, -0.25) is 9.69 Å². The number of benzene rings is 1. The van der Waals surface area contributed by atoms with Crippen LogP contribution in [0, 0.1) is 0 Å². The fourth-order valence-corrected chi connectivity index (χ4v) is 3.63. The fourth-order valence-electron chi connectivity index (χ4n) is 3.43. The second-order valence-corrected chi connectivity index (χ2v) is 6.58. The minimum Gasteiger partial charge on any atom is -0.354 e. The molecule has 0 spiro atoms. The van der Waals surface area contributed by atoms with Gasteiger partial charge in [0.05, 0.1) is 24.5 Å². The summed E-state index contributed by atoms with van der Waals surface area (Å²) in [6.07, 6.45) is 4.04. The van der Waals surface area contributed by atoms with E-state index in [9.17, 15) is 4.79 Å². The largest absolute Gasteiger partial charge is 0.354 e. The maximum absolute atomic E-state index is 11.4. The average Bonchev–Trinajstić information content (AvgIpc) is 3.13. The number of carbonyl (C=O) groups excluding carboxylic acids is 1. The second kappa shape index (κ2) is 5.94. The lowest BCUT2D eigenvalue weighted by Crippen LogP contribution is -2.47. The monoisotopic (exact) mass is 331 g/mol. The highest BCUT2D eigenvalue weighted by molar-refractivity contribution is 6.30. The molecule has 4 rings (SSSR count). The molecular weight excluding hydrogens is 314 g/mol. The van der Waals surface area contributed by atoms with Crippen LogP contribution in [0.5, 0.6) is 0 Å². The molecule has 6 nitrogen and oxygen atoms in total. The molecule has 1 saturated heterocycles. The van der Waals surface area contributed by atoms with Gasteiger partial charge in [0, 0.05) is 24.7 Å². The number of hydrogen-bond donors (Lipinski definition) is 1. The minimum atomic E-state index is 0.0743. The van der Waals surface area contributed by atoms with Crippen molar-refractivity contribution in [3.05, 3.63) is 46.2 Å². The number of nitrogens with zero attached hydrogens (tertiary/aromatic N) is 4. The Labute approximate surface area is 139 Å². The van der Waals surface area contributed by atoms with Crippen molar-refractivity contribution in [1.29, 1.82) is 0 Å². The number of fused-ring (bicyclic) bond motifs is 1. The smallest absolute Gasteiger partial charge is 0.234 e. The van der Waals surface area contributed by atoms with Gasteiger partial charge in [-0.15, -0.1) is 5.10 Å². The van der Waals surface area contributed by atoms with Crippen LogP contribution in [0.25, 0.3) is 0 Å². The maximum Gasteiger partial charge on any atom is 0.234 e. The van der Waals surface area contributed by atoms with Gasteiger partial charge in [-0.25, -0.2) is 4.68 Å². The molecule has 2 aliphatic rings. The molecule has 23 heavy (non-hydrogen) atoms. The third-order valence-electron chi connectivity index (χ3n) is 4.53. The molecule has 0 radical (unpaired) electrons. The van der Waals surface area contributed by atoms with E-state index in [2.05, 4.69) is 26.6 Å². The molecule has 1 aliphatic heterocycles. The zero-order valence-corrected chi connectivity index (χ0v) is 13.5. The lowest BCUT2D eigenvalue weighted by atomic mass is 10.1. The van der Waals surface area contributed by atoms with E-state index in [1.807, 2.05) is 23.0 Å². The van der Waals surface area contributed by atoms with Gasteiger partial charge in [-0.2, -0.15) is 0 Å². The molecule has 7 heteroatoms. The number of amides is 1. The third-order valence-corrected chi connectivity index (χ3v) is 4.77. The molecule has 0 saturated carbocycles. The van der Waals surface area contributed by atoms with Crippen LogP contribution in [0.1, 0.15) is 29.3 Å². The summed E-state index contributed by atoms with van der Waals surface area (Å²) in [5.74, 6) is 0.0743. The first kappa shape index (κ1) is 14.7. The van der Waals surface area contributed by atoms with Gasteiger partial charge >= 0.3 is 0 Å². The number of rotatable bonds is 3. The van der Waals surface area contributed by atoms with E-state index in [0.29, 0.717) is 19.6 Å². The van der Waals surface area contributed by atoms with Crippen molar-refractivity contribution in [1.82, 2.24) is 25.2 Å². The number of piperazine rings is 1. The average molecular weight is 332 g/mol. The van der Waals surface area contributed by atoms with E-state index in [0.717, 1.165) is 30.1 Å². The molecule has 1 N–H and O–H groups in total. The molecule has 120 valence electrons. The summed E-state index contributed by atoms with van der Waals surface area (Å²) in [4.78, 5) is 13.5. The van der Waals surface area contributed by atoms with Crippen LogP contribution >= 0.6 is 11.6 Å². The molecule has 1 atom stereocenters. The Morgan fingerprint density at radius 2 is 2.30 bits per heavy atom. The number of carbonyl (C=O) groups is 1. The van der Waals surface area contributed by atoms with Crippen molar-refractivity contribution in [3.63, 3.8) is 0 Å². The van der Waals surface area contributed by atoms with E-state index in [4.69, 9.17) is 11.6 Å². The van der Waals surface area contributed by atoms with E-state index < -0.39 is 0 Å². The SMILES string of the molecule is O=C1CN(Cc2cn([C@@H]3CCc4cc(Cl)ccc43)nn2)CCN1. The Balaban J connectivity index is 1.50. The van der Waals surface area contributed by atoms with E-state index in [-0.39, 0.29) is 11.9 Å². The summed E-state index contributed by atoms with van der Waals surface area (Å²) in [7, 11) is 0. The van der Waals surface area contributed by atoms with Crippen LogP contribution in [0.2, 0.25) is 5.02 Å². The topological polar surface area (TPSA) is 63.1 Å². The van der Waals surface area contributed by atoms with Gasteiger partial charge in [0.2, 0.25) is 5.91 Å². The summed E-state index contributed by atoms with van der Waals surface area (Å²) in [5, 5.41) is 12.2. The molecule has 1 aromatic heterocycles. The molecule has 2 aromatic rings. The van der Waals surface area contributed by atoms with Crippen LogP contribution in [0.15, 0.2) is 24.4 Å². The second-order valence-electron chi connectivity index (χ2n) is 6.15. The van der Waals surface area contributed by atoms with Crippen molar-refractivity contribution < 1.29 is 4.79 Å². The van der Waals surface area contributed by atoms with Gasteiger partial charge < -0.3 is 5.32 Å². The number of hydrogen-bond acceptors (Lipinski definition) is 4. The Morgan fingerprint density at radius 1 is 1.39 bits per heavy atom. The van der Waals surface area contributed by atoms with Crippen molar-refractivity contribution in [2.75, 3.05) is 19.6 Å². The Kier molecular flexibility index (Phi) is 3.79. The predicted octanol–water partition coefficient (Wildman–Crippen LogP) is 1.40. The summed E-state index contributed by atoms with van der Waals surface area (Å²) < 4.78 is 1.94. The number of nitrogens with one attached hydrogen (secondary N) is 1. The highest BCUT2D eigenvalue weighted by atomic mass is 35.5. The van der Waals surface area contributed by atoms with Crippen molar-refractivity contribution in [2.45, 2.75) is 25.4 Å². The van der Waals surface area contributed by atoms with Crippen LogP contribution < -0.4 is 5.32 Å². The lowest BCUT2D eigenvalue weighted by Gasteiger charge is -2.25. The molecule has 0 bridgehead atoms. The maximum atomic E-state index is 11.4. The molecule has 1 aromatic carbocycles. The van der Waals surface area contributed by atoms with Gasteiger partial charge in [0.15, 0.2) is 0 Å². The zero-order valence-electron chi connectivity index (χ0n) is 12.7. The van der Waals surface area contributed by atoms with Crippen LogP contribution in [-0.2, 0) is 17.8 Å². The molecule has 1 fully saturated rings. The van der Waals surface area contributed by atoms with Crippen LogP contribution in [-0.4, -0.2) is 45.4 Å². The van der Waals surface area contributed by atoms with Gasteiger partial charge in [0.25, 0.3) is 0 Å². The predicted molar refractivity (Wildman–Crippen MR) is 86.2 cm³/mol. The normalized spacial score (nSPS) is 21.3. The van der Waals surface area contributed by atoms with Crippen LogP contribution in [0.4, 0.5) is 0 Å². The fraction of sp³-hybridized carbons (Fsp3) is 0.438. The summed E-state index contributed by atoms with van der Waals surface area (Å²) in [6.45, 7) is 2.64. The highest BCUT2D eigenvalue weighted by Gasteiger charge is 2.25. The Morgan fingerprint density at radius 3 is 3.17 bits per heavy atom. The number of halogens is 1. The van der Waals surface area contributed by atoms with Crippen LogP contribution in [0.3, 0.4) is 0 Å². The molecule has 0 unspecified atom stereocenters. The van der Waals surface area contributed by atoms with Gasteiger partial charge in [0.1, 0.15) is 0 Å². The van der Waals surface area contributed by atoms with Crippen molar-refractivity contribution in [3.8, 4) is 0 Å². The molecule has 1 amide bonds. The minimum absolute atomic E-state index is 0.0743. The van der Waals surface area contributed by atoms with Gasteiger partial charge in [-0.05, 0) is 36.1 Å². The Hall–Kier alpha value is -1.92. The third kappa shape index (κ3) is 2.96. The molecular formula is C16H18ClN5O. The van der Waals surface area contributed by atoms with E-state index in [1.54, 1.807) is 0 Å². The highest BCUT2D eigenvalue weighted by Crippen LogP contribution is 2.35. The first-order valence-corrected chi connectivity index (χ1v) is 8.25. The first-order valence-electron chi connectivity index (χ1n) is 7.87. The molecule has 1 aliphatic carbocycles. The zero-order chi connectivity index (χ0) is 15.8. The summed E-state index contributed by atoms with van der Waals surface area (Å²) in [5.41, 5.74) is 3.48. The van der Waals surface area contributed by atoms with Gasteiger partial charge in [-0.1, -0.05) is 22.9 Å². The first-order chi connectivity index (χ1) is 11.2. The molecule has 2 heterocycles.